The summed E-state index contributed by atoms with van der Waals surface area (Å²) in [4.78, 5) is 0. The molecule has 0 aliphatic carbocycles. The van der Waals surface area contributed by atoms with Crippen molar-refractivity contribution >= 4 is 11.6 Å². The van der Waals surface area contributed by atoms with Crippen molar-refractivity contribution in [2.75, 3.05) is 0 Å². The van der Waals surface area contributed by atoms with Gasteiger partial charge in [-0.2, -0.15) is 13.2 Å². The molecule has 0 amide bonds. The van der Waals surface area contributed by atoms with Gasteiger partial charge in [-0.3, -0.25) is 0 Å². The summed E-state index contributed by atoms with van der Waals surface area (Å²) in [6, 6.07) is 3.89. The maximum atomic E-state index is 12.5. The first-order chi connectivity index (χ1) is 7.71. The zero-order valence-corrected chi connectivity index (χ0v) is 10.9. The second-order valence-electron chi connectivity index (χ2n) is 4.49. The van der Waals surface area contributed by atoms with Crippen LogP contribution in [0.5, 0.6) is 0 Å². The topological polar surface area (TPSA) is 0 Å². The third-order valence-electron chi connectivity index (χ3n) is 2.81. The van der Waals surface area contributed by atoms with E-state index in [2.05, 4.69) is 0 Å². The van der Waals surface area contributed by atoms with E-state index in [1.165, 1.54) is 6.07 Å². The van der Waals surface area contributed by atoms with Crippen molar-refractivity contribution in [3.05, 3.63) is 34.9 Å². The molecule has 0 nitrogen and oxygen atoms in total. The van der Waals surface area contributed by atoms with E-state index in [1.807, 2.05) is 13.8 Å². The van der Waals surface area contributed by atoms with Crippen molar-refractivity contribution in [2.45, 2.75) is 44.7 Å². The van der Waals surface area contributed by atoms with E-state index >= 15 is 0 Å². The van der Waals surface area contributed by atoms with Crippen LogP contribution in [0.4, 0.5) is 13.2 Å². The number of benzene rings is 1. The van der Waals surface area contributed by atoms with Gasteiger partial charge in [-0.1, -0.05) is 13.0 Å². The summed E-state index contributed by atoms with van der Waals surface area (Å²) in [6.45, 7) is 5.58. The Kier molecular flexibility index (Phi) is 4.48. The summed E-state index contributed by atoms with van der Waals surface area (Å²) in [5.41, 5.74) is 1.01. The van der Waals surface area contributed by atoms with Crippen LogP contribution >= 0.6 is 11.6 Å². The van der Waals surface area contributed by atoms with Crippen LogP contribution in [0.15, 0.2) is 18.2 Å². The largest absolute Gasteiger partial charge is 0.416 e. The zero-order chi connectivity index (χ0) is 13.2. The number of aryl methyl sites for hydroxylation is 1. The lowest BCUT2D eigenvalue weighted by atomic mass is 9.91. The van der Waals surface area contributed by atoms with E-state index in [0.29, 0.717) is 5.56 Å². The third-order valence-corrected chi connectivity index (χ3v) is 2.98. The van der Waals surface area contributed by atoms with E-state index in [0.717, 1.165) is 18.1 Å². The molecule has 0 aliphatic heterocycles. The zero-order valence-electron chi connectivity index (χ0n) is 10.1. The maximum Gasteiger partial charge on any atom is 0.416 e. The molecule has 0 spiro atoms. The Morgan fingerprint density at radius 1 is 1.24 bits per heavy atom. The Morgan fingerprint density at radius 3 is 2.24 bits per heavy atom. The average molecular weight is 265 g/mol. The predicted octanol–water partition coefficient (Wildman–Crippen LogP) is 5.13. The van der Waals surface area contributed by atoms with Gasteiger partial charge in [0.15, 0.2) is 0 Å². The molecule has 0 aromatic heterocycles. The first kappa shape index (κ1) is 14.4. The first-order valence-electron chi connectivity index (χ1n) is 5.53. The van der Waals surface area contributed by atoms with E-state index < -0.39 is 11.7 Å². The molecule has 1 rings (SSSR count). The molecule has 0 heterocycles. The molecule has 0 fully saturated rings. The van der Waals surface area contributed by atoms with Crippen LogP contribution in [0.1, 0.15) is 42.9 Å². The molecule has 4 heteroatoms. The monoisotopic (exact) mass is 264 g/mol. The summed E-state index contributed by atoms with van der Waals surface area (Å²) in [7, 11) is 0. The lowest BCUT2D eigenvalue weighted by Crippen LogP contribution is -2.08. The highest BCUT2D eigenvalue weighted by Gasteiger charge is 2.30. The standard InChI is InChI=1S/C13H16ClF3/c1-8(6-10(3)14)12-5-4-11(7-9(12)2)13(15,16)17/h4-5,7-8,10H,6H2,1-3H3. The molecule has 0 saturated carbocycles. The number of hydrogen-bond acceptors (Lipinski definition) is 0. The Balaban J connectivity index is 2.98. The lowest BCUT2D eigenvalue weighted by molar-refractivity contribution is -0.137. The molecule has 0 bridgehead atoms. The molecule has 2 unspecified atom stereocenters. The fraction of sp³-hybridized carbons (Fsp3) is 0.538. The van der Waals surface area contributed by atoms with Crippen molar-refractivity contribution in [2.24, 2.45) is 0 Å². The molecular weight excluding hydrogens is 249 g/mol. The summed E-state index contributed by atoms with van der Waals surface area (Å²) >= 11 is 5.90. The minimum atomic E-state index is -4.27. The van der Waals surface area contributed by atoms with Gasteiger partial charge in [0.1, 0.15) is 0 Å². The molecule has 96 valence electrons. The van der Waals surface area contributed by atoms with Gasteiger partial charge < -0.3 is 0 Å². The molecule has 0 radical (unpaired) electrons. The molecule has 1 aromatic carbocycles. The third kappa shape index (κ3) is 3.91. The minimum Gasteiger partial charge on any atom is -0.166 e. The summed E-state index contributed by atoms with van der Waals surface area (Å²) in [5.74, 6) is 0.171. The highest BCUT2D eigenvalue weighted by Crippen LogP contribution is 2.33. The number of alkyl halides is 4. The van der Waals surface area contributed by atoms with Crippen LogP contribution in [-0.4, -0.2) is 5.38 Å². The SMILES string of the molecule is Cc1cc(C(F)(F)F)ccc1C(C)CC(C)Cl. The lowest BCUT2D eigenvalue weighted by Gasteiger charge is -2.17. The number of rotatable bonds is 3. The van der Waals surface area contributed by atoms with Crippen LogP contribution in [-0.2, 0) is 6.18 Å². The molecule has 0 saturated heterocycles. The molecule has 0 aliphatic rings. The van der Waals surface area contributed by atoms with E-state index in [-0.39, 0.29) is 11.3 Å². The van der Waals surface area contributed by atoms with Gasteiger partial charge in [0.05, 0.1) is 5.56 Å². The normalized spacial score (nSPS) is 15.7. The van der Waals surface area contributed by atoms with Crippen molar-refractivity contribution in [3.8, 4) is 0 Å². The summed E-state index contributed by atoms with van der Waals surface area (Å²) in [6.07, 6.45) is -3.51. The quantitative estimate of drug-likeness (QED) is 0.664. The van der Waals surface area contributed by atoms with Crippen molar-refractivity contribution < 1.29 is 13.2 Å². The highest BCUT2D eigenvalue weighted by molar-refractivity contribution is 6.20. The molecule has 2 atom stereocenters. The molecule has 0 N–H and O–H groups in total. The Morgan fingerprint density at radius 2 is 1.82 bits per heavy atom. The van der Waals surface area contributed by atoms with E-state index in [1.54, 1.807) is 13.0 Å². The Hall–Kier alpha value is -0.700. The van der Waals surface area contributed by atoms with Gasteiger partial charge in [0, 0.05) is 5.38 Å². The molecule has 17 heavy (non-hydrogen) atoms. The second-order valence-corrected chi connectivity index (χ2v) is 5.23. The summed E-state index contributed by atoms with van der Waals surface area (Å²) in [5, 5.41) is 0.0201. The first-order valence-corrected chi connectivity index (χ1v) is 5.97. The minimum absolute atomic E-state index is 0.0201. The van der Waals surface area contributed by atoms with E-state index in [4.69, 9.17) is 11.6 Å². The number of halogens is 4. The van der Waals surface area contributed by atoms with Crippen molar-refractivity contribution in [1.29, 1.82) is 0 Å². The van der Waals surface area contributed by atoms with Crippen LogP contribution in [0, 0.1) is 6.92 Å². The Labute approximate surface area is 105 Å². The second kappa shape index (κ2) is 5.30. The van der Waals surface area contributed by atoms with Crippen molar-refractivity contribution in [1.82, 2.24) is 0 Å². The summed E-state index contributed by atoms with van der Waals surface area (Å²) < 4.78 is 37.5. The predicted molar refractivity (Wildman–Crippen MR) is 64.5 cm³/mol. The average Bonchev–Trinajstić information content (AvgIpc) is 2.14. The fourth-order valence-electron chi connectivity index (χ4n) is 2.02. The Bertz CT molecular complexity index is 383. The maximum absolute atomic E-state index is 12.5. The molecular formula is C13H16ClF3. The van der Waals surface area contributed by atoms with Gasteiger partial charge in [-0.25, -0.2) is 0 Å². The van der Waals surface area contributed by atoms with Gasteiger partial charge in [-0.05, 0) is 49.4 Å². The molecule has 1 aromatic rings. The van der Waals surface area contributed by atoms with Crippen LogP contribution in [0.3, 0.4) is 0 Å². The van der Waals surface area contributed by atoms with Gasteiger partial charge in [0.2, 0.25) is 0 Å². The van der Waals surface area contributed by atoms with E-state index in [9.17, 15) is 13.2 Å². The van der Waals surface area contributed by atoms with Crippen LogP contribution in [0.2, 0.25) is 0 Å². The van der Waals surface area contributed by atoms with Crippen LogP contribution in [0.25, 0.3) is 0 Å². The van der Waals surface area contributed by atoms with Gasteiger partial charge >= 0.3 is 6.18 Å². The van der Waals surface area contributed by atoms with Crippen molar-refractivity contribution in [3.63, 3.8) is 0 Å². The van der Waals surface area contributed by atoms with Gasteiger partial charge in [-0.15, -0.1) is 11.6 Å². The van der Waals surface area contributed by atoms with Gasteiger partial charge in [0.25, 0.3) is 0 Å². The smallest absolute Gasteiger partial charge is 0.166 e. The highest BCUT2D eigenvalue weighted by atomic mass is 35.5. The fourth-order valence-corrected chi connectivity index (χ4v) is 2.29. The number of hydrogen-bond donors (Lipinski definition) is 0. The van der Waals surface area contributed by atoms with Crippen LogP contribution < -0.4 is 0 Å².